The van der Waals surface area contributed by atoms with E-state index in [1.54, 1.807) is 60.6 Å². The molecular formula is C74H136N12O14S. The number of amides is 11. The van der Waals surface area contributed by atoms with Crippen molar-refractivity contribution in [1.29, 1.82) is 0 Å². The Balaban J connectivity index is 4.59. The van der Waals surface area contributed by atoms with E-state index in [1.807, 2.05) is 41.5 Å². The maximum absolute atomic E-state index is 15.6. The molecule has 1 heterocycles. The minimum Gasteiger partial charge on any atom is -0.396 e. The molecule has 0 aromatic heterocycles. The molecule has 0 radical (unpaired) electrons. The molecule has 0 aliphatic carbocycles. The van der Waals surface area contributed by atoms with Gasteiger partial charge in [0, 0.05) is 68.1 Å². The monoisotopic (exact) mass is 1450 g/mol. The van der Waals surface area contributed by atoms with Crippen molar-refractivity contribution in [2.75, 3.05) is 87.1 Å². The predicted molar refractivity (Wildman–Crippen MR) is 398 cm³/mol. The first kappa shape index (κ1) is 93.1. The highest BCUT2D eigenvalue weighted by atomic mass is 32.2. The van der Waals surface area contributed by atoms with Gasteiger partial charge in [-0.05, 0) is 153 Å². The standard InChI is InChI=1S/C74H136N12O14S/c1-27-31-33-49(15)62(88)61-66(92)77-53(28-2)68(94)83(24)58(43-101-37-35-52(42-87)34-32-36-86(29-3)30-4)71(97)82(23)57(41-74(18,19)100)65(91)78-59(47(11)12)72(98)79(20)54(38-44(5)6)64(90)75-50(16)63(89)76-51(17)67(93)80(21)55(39-45(7)8)69(95)81(22)56(40-46(9)10)70(96)84(25)60(48(13)14)73(99)85(61)26/h27,31,44-62,87-88,100H,28-30,32-43H2,1-26H3,(H,75,90)(H,76,89)(H,77,92)(H,78,91)/b31-27+/t49-,50+,51-,52-,53+,54+,55+,56+,57+,58-,59+,60+,61+,62-/m1/s1. The van der Waals surface area contributed by atoms with Crippen LogP contribution in [0.15, 0.2) is 12.2 Å². The number of thioether (sulfide) groups is 1. The summed E-state index contributed by atoms with van der Waals surface area (Å²) in [7, 11) is 9.84. The van der Waals surface area contributed by atoms with Crippen LogP contribution in [-0.4, -0.2) is 285 Å². The van der Waals surface area contributed by atoms with Crippen LogP contribution < -0.4 is 21.3 Å². The summed E-state index contributed by atoms with van der Waals surface area (Å²) in [6, 6.07) is -14.6. The van der Waals surface area contributed by atoms with Crippen molar-refractivity contribution >= 4 is 76.7 Å². The van der Waals surface area contributed by atoms with Gasteiger partial charge in [-0.15, -0.1) is 0 Å². The van der Waals surface area contributed by atoms with Gasteiger partial charge in [-0.2, -0.15) is 11.8 Å². The SMILES string of the molecule is C/C=C/C[C@@H](C)[C@@H](O)[C@H]1C(=O)N[C@@H](CC)C(=O)N(C)[C@H](CSCC[C@H](CO)CCCN(CC)CC)C(=O)N(C)[C@@H](CC(C)(C)O)C(=O)N[C@@H](C(C)C)C(=O)N(C)[C@@H](CC(C)C)C(=O)N[C@@H](C)C(=O)N[C@H](C)C(=O)N(C)[C@@H](CC(C)C)C(=O)N(C)[C@@H](CC(C)C)C(=O)N(C)[C@@H](C(C)C)C(=O)N1C. The van der Waals surface area contributed by atoms with E-state index in [-0.39, 0.29) is 74.6 Å². The van der Waals surface area contributed by atoms with E-state index in [2.05, 4.69) is 40.0 Å². The number of carbonyl (C=O) groups excluding carboxylic acids is 11. The number of nitrogens with one attached hydrogen (secondary N) is 4. The lowest BCUT2D eigenvalue weighted by Crippen LogP contribution is -2.64. The molecule has 1 fully saturated rings. The molecule has 0 unspecified atom stereocenters. The van der Waals surface area contributed by atoms with Crippen molar-refractivity contribution < 1.29 is 68.1 Å². The highest BCUT2D eigenvalue weighted by Gasteiger charge is 2.47. The number of hydrogen-bond donors (Lipinski definition) is 7. The van der Waals surface area contributed by atoms with Crippen molar-refractivity contribution in [3.05, 3.63) is 12.2 Å². The first-order valence-corrected chi connectivity index (χ1v) is 38.0. The van der Waals surface area contributed by atoms with Crippen LogP contribution in [0.1, 0.15) is 189 Å². The lowest BCUT2D eigenvalue weighted by molar-refractivity contribution is -0.157. The van der Waals surface area contributed by atoms with Gasteiger partial charge in [-0.1, -0.05) is 109 Å². The van der Waals surface area contributed by atoms with E-state index in [0.29, 0.717) is 12.2 Å². The number of allylic oxidation sites excluding steroid dienone is 2. The Labute approximate surface area is 610 Å². The fraction of sp³-hybridized carbons (Fsp3) is 0.824. The molecule has 0 saturated carbocycles. The first-order valence-electron chi connectivity index (χ1n) is 36.8. The van der Waals surface area contributed by atoms with Gasteiger partial charge in [0.15, 0.2) is 0 Å². The molecule has 1 rings (SSSR count). The summed E-state index contributed by atoms with van der Waals surface area (Å²) in [5, 5.41) is 45.4. The molecule has 1 aliphatic rings. The summed E-state index contributed by atoms with van der Waals surface area (Å²) in [5.41, 5.74) is -1.61. The van der Waals surface area contributed by atoms with E-state index in [9.17, 15) is 34.5 Å². The third kappa shape index (κ3) is 28.2. The van der Waals surface area contributed by atoms with Crippen LogP contribution in [0.3, 0.4) is 0 Å². The smallest absolute Gasteiger partial charge is 0.246 e. The Hall–Kier alpha value is -5.90. The number of carbonyl (C=O) groups is 11. The Morgan fingerprint density at radius 3 is 1.46 bits per heavy atom. The molecule has 0 spiro atoms. The Bertz CT molecular complexity index is 2710. The summed E-state index contributed by atoms with van der Waals surface area (Å²) < 4.78 is 0. The second-order valence-electron chi connectivity index (χ2n) is 30.8. The molecule has 26 nitrogen and oxygen atoms in total. The Kier molecular flexibility index (Phi) is 40.6. The highest BCUT2D eigenvalue weighted by Crippen LogP contribution is 2.28. The van der Waals surface area contributed by atoms with Gasteiger partial charge < -0.3 is 75.8 Å². The number of nitrogens with zero attached hydrogens (tertiary/aromatic N) is 8. The number of aliphatic hydroxyl groups is 3. The number of rotatable bonds is 27. The van der Waals surface area contributed by atoms with Crippen LogP contribution >= 0.6 is 11.8 Å². The first-order chi connectivity index (χ1) is 46.8. The lowest BCUT2D eigenvalue weighted by Gasteiger charge is -2.41. The minimum absolute atomic E-state index is 0.0414. The second-order valence-corrected chi connectivity index (χ2v) is 31.9. The van der Waals surface area contributed by atoms with Crippen LogP contribution in [-0.2, 0) is 52.7 Å². The minimum atomic E-state index is -1.68. The van der Waals surface area contributed by atoms with Gasteiger partial charge in [0.25, 0.3) is 0 Å². The fourth-order valence-corrected chi connectivity index (χ4v) is 14.1. The summed E-state index contributed by atoms with van der Waals surface area (Å²) in [6.45, 7) is 35.7. The third-order valence-corrected chi connectivity index (χ3v) is 20.6. The lowest BCUT2D eigenvalue weighted by atomic mass is 9.91. The van der Waals surface area contributed by atoms with Crippen molar-refractivity contribution in [1.82, 2.24) is 60.5 Å². The Morgan fingerprint density at radius 2 is 0.980 bits per heavy atom. The third-order valence-electron chi connectivity index (χ3n) is 19.6. The molecule has 101 heavy (non-hydrogen) atoms. The van der Waals surface area contributed by atoms with Crippen LogP contribution in [0.25, 0.3) is 0 Å². The Morgan fingerprint density at radius 1 is 0.525 bits per heavy atom. The zero-order chi connectivity index (χ0) is 78.0. The second kappa shape index (κ2) is 44.0. The van der Waals surface area contributed by atoms with E-state index < -0.39 is 161 Å². The van der Waals surface area contributed by atoms with Gasteiger partial charge in [0.1, 0.15) is 66.5 Å². The topological polar surface area (TPSA) is 322 Å². The highest BCUT2D eigenvalue weighted by molar-refractivity contribution is 7.99. The van der Waals surface area contributed by atoms with Gasteiger partial charge in [0.05, 0.1) is 11.7 Å². The fourth-order valence-electron chi connectivity index (χ4n) is 12.9. The number of likely N-dealkylation sites (N-methyl/N-ethyl adjacent to an activating group) is 7. The van der Waals surface area contributed by atoms with E-state index in [1.165, 1.54) is 113 Å². The molecule has 7 N–H and O–H groups in total. The largest absolute Gasteiger partial charge is 0.396 e. The van der Waals surface area contributed by atoms with Crippen LogP contribution in [0, 0.1) is 41.4 Å². The molecule has 11 amide bonds. The zero-order valence-corrected chi connectivity index (χ0v) is 67.4. The van der Waals surface area contributed by atoms with Gasteiger partial charge in [-0.25, -0.2) is 0 Å². The summed E-state index contributed by atoms with van der Waals surface area (Å²) >= 11 is 1.35. The van der Waals surface area contributed by atoms with Crippen molar-refractivity contribution in [2.45, 2.75) is 268 Å². The molecule has 1 saturated heterocycles. The van der Waals surface area contributed by atoms with Gasteiger partial charge in [0.2, 0.25) is 65.0 Å². The molecule has 0 aromatic carbocycles. The number of aliphatic hydroxyl groups excluding tert-OH is 2. The average Bonchev–Trinajstić information content (AvgIpc) is 0.809. The zero-order valence-electron chi connectivity index (χ0n) is 66.5. The number of hydrogen-bond acceptors (Lipinski definition) is 16. The molecule has 582 valence electrons. The summed E-state index contributed by atoms with van der Waals surface area (Å²) in [4.78, 5) is 176. The van der Waals surface area contributed by atoms with Gasteiger partial charge >= 0.3 is 0 Å². The molecule has 27 heteroatoms. The predicted octanol–water partition coefficient (Wildman–Crippen LogP) is 4.61. The quantitative estimate of drug-likeness (QED) is 0.0436. The van der Waals surface area contributed by atoms with Crippen molar-refractivity contribution in [2.24, 2.45) is 41.4 Å². The maximum atomic E-state index is 15.6. The molecule has 14 atom stereocenters. The van der Waals surface area contributed by atoms with Crippen LogP contribution in [0.5, 0.6) is 0 Å². The maximum Gasteiger partial charge on any atom is 0.246 e. The molecule has 0 aromatic rings. The van der Waals surface area contributed by atoms with Crippen molar-refractivity contribution in [3.8, 4) is 0 Å². The molecule has 1 aliphatic heterocycles. The summed E-state index contributed by atoms with van der Waals surface area (Å²) in [6.07, 6.45) is 4.42. The summed E-state index contributed by atoms with van der Waals surface area (Å²) in [5.74, 6) is -10.1. The molecule has 0 bridgehead atoms. The normalized spacial score (nSPS) is 25.8. The van der Waals surface area contributed by atoms with Gasteiger partial charge in [-0.3, -0.25) is 52.7 Å². The van der Waals surface area contributed by atoms with E-state index in [4.69, 9.17) is 0 Å². The van der Waals surface area contributed by atoms with E-state index >= 15 is 33.6 Å². The van der Waals surface area contributed by atoms with Crippen LogP contribution in [0.4, 0.5) is 0 Å². The van der Waals surface area contributed by atoms with Crippen molar-refractivity contribution in [3.63, 3.8) is 0 Å². The average molecular weight is 1450 g/mol. The molecular weight excluding hydrogens is 1310 g/mol. The van der Waals surface area contributed by atoms with Crippen LogP contribution in [0.2, 0.25) is 0 Å². The van der Waals surface area contributed by atoms with E-state index in [0.717, 1.165) is 42.3 Å².